The van der Waals surface area contributed by atoms with Gasteiger partial charge in [0.2, 0.25) is 0 Å². The van der Waals surface area contributed by atoms with Gasteiger partial charge in [0, 0.05) is 0 Å². The lowest BCUT2D eigenvalue weighted by Gasteiger charge is -2.12. The number of hydrogen-bond donors (Lipinski definition) is 1. The van der Waals surface area contributed by atoms with E-state index >= 15 is 0 Å². The number of rotatable bonds is 2. The highest BCUT2D eigenvalue weighted by Crippen LogP contribution is 2.33. The molecular formula is C13H16O3. The van der Waals surface area contributed by atoms with Gasteiger partial charge < -0.3 is 9.84 Å². The van der Waals surface area contributed by atoms with E-state index in [0.29, 0.717) is 17.6 Å². The lowest BCUT2D eigenvalue weighted by atomic mass is 9.93. The van der Waals surface area contributed by atoms with Crippen LogP contribution in [0.2, 0.25) is 0 Å². The predicted octanol–water partition coefficient (Wildman–Crippen LogP) is 3.11. The molecule has 0 aromatic heterocycles. The molecule has 0 radical (unpaired) electrons. The largest absolute Gasteiger partial charge is 0.511 e. The Morgan fingerprint density at radius 2 is 2.06 bits per heavy atom. The van der Waals surface area contributed by atoms with Crippen LogP contribution in [0.3, 0.4) is 0 Å². The van der Waals surface area contributed by atoms with E-state index in [2.05, 4.69) is 18.6 Å². The third-order valence-corrected chi connectivity index (χ3v) is 3.29. The second kappa shape index (κ2) is 4.16. The molecule has 0 saturated carbocycles. The molecule has 1 atom stereocenters. The van der Waals surface area contributed by atoms with E-state index in [0.717, 1.165) is 12.8 Å². The van der Waals surface area contributed by atoms with Crippen LogP contribution in [0.4, 0.5) is 4.79 Å². The molecule has 2 rings (SSSR count). The third-order valence-electron chi connectivity index (χ3n) is 3.29. The maximum Gasteiger partial charge on any atom is 0.511 e. The summed E-state index contributed by atoms with van der Waals surface area (Å²) in [5.41, 5.74) is 2.56. The molecule has 0 bridgehead atoms. The lowest BCUT2D eigenvalue weighted by molar-refractivity contribution is 0.144. The highest BCUT2D eigenvalue weighted by molar-refractivity contribution is 5.61. The quantitative estimate of drug-likeness (QED) is 0.615. The normalized spacial score (nSPS) is 18.6. The first-order valence-electron chi connectivity index (χ1n) is 5.59. The summed E-state index contributed by atoms with van der Waals surface area (Å²) in [5, 5.41) is 8.53. The zero-order valence-electron chi connectivity index (χ0n) is 9.56. The van der Waals surface area contributed by atoms with Crippen LogP contribution in [0.5, 0.6) is 5.75 Å². The van der Waals surface area contributed by atoms with Gasteiger partial charge in [0.1, 0.15) is 5.75 Å². The Morgan fingerprint density at radius 1 is 1.38 bits per heavy atom. The van der Waals surface area contributed by atoms with Gasteiger partial charge in [-0.15, -0.1) is 0 Å². The Kier molecular flexibility index (Phi) is 2.86. The van der Waals surface area contributed by atoms with Crippen LogP contribution in [0, 0.1) is 11.8 Å². The third kappa shape index (κ3) is 2.18. The SMILES string of the molecule is CC(C)C1Cc2ccc(OC(=O)O)cc2C1. The van der Waals surface area contributed by atoms with Crippen molar-refractivity contribution in [3.05, 3.63) is 29.3 Å². The van der Waals surface area contributed by atoms with Crippen molar-refractivity contribution >= 4 is 6.16 Å². The molecule has 0 spiro atoms. The van der Waals surface area contributed by atoms with Crippen molar-refractivity contribution in [3.8, 4) is 5.75 Å². The summed E-state index contributed by atoms with van der Waals surface area (Å²) in [4.78, 5) is 10.4. The van der Waals surface area contributed by atoms with Crippen LogP contribution in [-0.2, 0) is 12.8 Å². The molecule has 0 amide bonds. The molecule has 86 valence electrons. The first kappa shape index (κ1) is 11.0. The fourth-order valence-electron chi connectivity index (χ4n) is 2.26. The highest BCUT2D eigenvalue weighted by atomic mass is 16.7. The van der Waals surface area contributed by atoms with Gasteiger partial charge in [-0.1, -0.05) is 19.9 Å². The van der Waals surface area contributed by atoms with Crippen LogP contribution in [0.25, 0.3) is 0 Å². The summed E-state index contributed by atoms with van der Waals surface area (Å²) in [7, 11) is 0. The number of carboxylic acid groups (broad SMARTS) is 1. The van der Waals surface area contributed by atoms with Gasteiger partial charge in [-0.05, 0) is 47.9 Å². The van der Waals surface area contributed by atoms with Gasteiger partial charge in [0.25, 0.3) is 0 Å². The van der Waals surface area contributed by atoms with E-state index in [4.69, 9.17) is 5.11 Å². The van der Waals surface area contributed by atoms with E-state index in [1.165, 1.54) is 11.1 Å². The lowest BCUT2D eigenvalue weighted by Crippen LogP contribution is -2.07. The van der Waals surface area contributed by atoms with Gasteiger partial charge in [-0.2, -0.15) is 0 Å². The average molecular weight is 220 g/mol. The Balaban J connectivity index is 2.17. The van der Waals surface area contributed by atoms with E-state index in [-0.39, 0.29) is 0 Å². The molecule has 1 aromatic carbocycles. The first-order valence-corrected chi connectivity index (χ1v) is 5.59. The number of ether oxygens (including phenoxy) is 1. The van der Waals surface area contributed by atoms with Crippen molar-refractivity contribution in [2.75, 3.05) is 0 Å². The average Bonchev–Trinajstić information content (AvgIpc) is 2.59. The predicted molar refractivity (Wildman–Crippen MR) is 60.8 cm³/mol. The number of hydrogen-bond acceptors (Lipinski definition) is 2. The van der Waals surface area contributed by atoms with Crippen LogP contribution >= 0.6 is 0 Å². The summed E-state index contributed by atoms with van der Waals surface area (Å²) in [5.74, 6) is 1.77. The van der Waals surface area contributed by atoms with E-state index in [1.54, 1.807) is 6.07 Å². The van der Waals surface area contributed by atoms with Crippen molar-refractivity contribution < 1.29 is 14.6 Å². The minimum atomic E-state index is -1.25. The maximum atomic E-state index is 10.4. The Bertz CT molecular complexity index is 410. The molecule has 3 heteroatoms. The zero-order valence-corrected chi connectivity index (χ0v) is 9.56. The van der Waals surface area contributed by atoms with Gasteiger partial charge in [-0.3, -0.25) is 0 Å². The van der Waals surface area contributed by atoms with E-state index < -0.39 is 6.16 Å². The molecule has 0 saturated heterocycles. The van der Waals surface area contributed by atoms with Gasteiger partial charge in [0.05, 0.1) is 0 Å². The van der Waals surface area contributed by atoms with Crippen LogP contribution in [0.15, 0.2) is 18.2 Å². The van der Waals surface area contributed by atoms with Crippen molar-refractivity contribution in [3.63, 3.8) is 0 Å². The van der Waals surface area contributed by atoms with Crippen molar-refractivity contribution in [1.29, 1.82) is 0 Å². The summed E-state index contributed by atoms with van der Waals surface area (Å²) in [6.45, 7) is 4.45. The Hall–Kier alpha value is -1.51. The number of carbonyl (C=O) groups is 1. The molecule has 1 unspecified atom stereocenters. The van der Waals surface area contributed by atoms with Gasteiger partial charge >= 0.3 is 6.16 Å². The maximum absolute atomic E-state index is 10.4. The molecule has 1 aromatic rings. The summed E-state index contributed by atoms with van der Waals surface area (Å²) in [6, 6.07) is 5.57. The zero-order chi connectivity index (χ0) is 11.7. The minimum absolute atomic E-state index is 0.427. The van der Waals surface area contributed by atoms with Crippen LogP contribution in [-0.4, -0.2) is 11.3 Å². The summed E-state index contributed by atoms with van der Waals surface area (Å²) < 4.78 is 4.65. The fourth-order valence-corrected chi connectivity index (χ4v) is 2.26. The number of benzene rings is 1. The van der Waals surface area contributed by atoms with Crippen LogP contribution < -0.4 is 4.74 Å². The summed E-state index contributed by atoms with van der Waals surface area (Å²) in [6.07, 6.45) is 0.878. The van der Waals surface area contributed by atoms with E-state index in [9.17, 15) is 4.79 Å². The molecule has 3 nitrogen and oxygen atoms in total. The molecular weight excluding hydrogens is 204 g/mol. The number of fused-ring (bicyclic) bond motifs is 1. The molecule has 1 aliphatic carbocycles. The second-order valence-electron chi connectivity index (χ2n) is 4.71. The smallest absolute Gasteiger partial charge is 0.449 e. The van der Waals surface area contributed by atoms with Gasteiger partial charge in [0.15, 0.2) is 0 Å². The monoisotopic (exact) mass is 220 g/mol. The highest BCUT2D eigenvalue weighted by Gasteiger charge is 2.24. The molecule has 1 aliphatic rings. The molecule has 1 N–H and O–H groups in total. The van der Waals surface area contributed by atoms with Crippen molar-refractivity contribution in [1.82, 2.24) is 0 Å². The Morgan fingerprint density at radius 3 is 2.69 bits per heavy atom. The molecule has 16 heavy (non-hydrogen) atoms. The summed E-state index contributed by atoms with van der Waals surface area (Å²) >= 11 is 0. The minimum Gasteiger partial charge on any atom is -0.449 e. The van der Waals surface area contributed by atoms with E-state index in [1.807, 2.05) is 12.1 Å². The standard InChI is InChI=1S/C13H16O3/c1-8(2)10-5-9-3-4-12(16-13(14)15)7-11(9)6-10/h3-4,7-8,10H,5-6H2,1-2H3,(H,14,15). The van der Waals surface area contributed by atoms with Crippen molar-refractivity contribution in [2.45, 2.75) is 26.7 Å². The topological polar surface area (TPSA) is 46.5 Å². The second-order valence-corrected chi connectivity index (χ2v) is 4.71. The van der Waals surface area contributed by atoms with Crippen molar-refractivity contribution in [2.24, 2.45) is 11.8 Å². The van der Waals surface area contributed by atoms with Crippen LogP contribution in [0.1, 0.15) is 25.0 Å². The molecule has 0 fully saturated rings. The Labute approximate surface area is 95.0 Å². The van der Waals surface area contributed by atoms with Gasteiger partial charge in [-0.25, -0.2) is 4.79 Å². The fraction of sp³-hybridized carbons (Fsp3) is 0.462. The molecule has 0 aliphatic heterocycles. The first-order chi connectivity index (χ1) is 7.56. The molecule has 0 heterocycles.